The number of halogens is 1. The van der Waals surface area contributed by atoms with Crippen LogP contribution >= 0.6 is 24.0 Å². The Hall–Kier alpha value is -2.46. The molecule has 0 radical (unpaired) electrons. The summed E-state index contributed by atoms with van der Waals surface area (Å²) in [5.41, 5.74) is 3.62. The number of nitrogens with zero attached hydrogens (tertiary/aromatic N) is 5. The number of hydrogen-bond donors (Lipinski definition) is 1. The fourth-order valence-corrected chi connectivity index (χ4v) is 3.59. The van der Waals surface area contributed by atoms with E-state index >= 15 is 0 Å². The molecule has 1 N–H and O–H groups in total. The lowest BCUT2D eigenvalue weighted by Crippen LogP contribution is -2.48. The third-order valence-corrected chi connectivity index (χ3v) is 5.11. The van der Waals surface area contributed by atoms with Crippen LogP contribution in [-0.4, -0.2) is 52.4 Å². The highest BCUT2D eigenvalue weighted by molar-refractivity contribution is 14.0. The lowest BCUT2D eigenvalue weighted by Gasteiger charge is -2.35. The molecule has 0 amide bonds. The minimum Gasteiger partial charge on any atom is -0.370 e. The van der Waals surface area contributed by atoms with Crippen LogP contribution in [0.15, 0.2) is 66.0 Å². The Bertz CT molecular complexity index is 975. The number of hydrogen-bond acceptors (Lipinski definition) is 4. The van der Waals surface area contributed by atoms with Gasteiger partial charge in [0, 0.05) is 38.7 Å². The van der Waals surface area contributed by atoms with Gasteiger partial charge in [0.05, 0.1) is 13.2 Å². The van der Waals surface area contributed by atoms with Crippen LogP contribution in [0.4, 0.5) is 0 Å². The fourth-order valence-electron chi connectivity index (χ4n) is 3.59. The first-order valence-electron chi connectivity index (χ1n) is 9.82. The molecule has 0 aliphatic carbocycles. The highest BCUT2D eigenvalue weighted by Gasteiger charge is 2.25. The van der Waals surface area contributed by atoms with E-state index < -0.39 is 0 Å². The summed E-state index contributed by atoms with van der Waals surface area (Å²) in [5, 5.41) is 7.72. The lowest BCUT2D eigenvalue weighted by molar-refractivity contribution is -0.00833. The van der Waals surface area contributed by atoms with Gasteiger partial charge in [-0.15, -0.1) is 24.0 Å². The molecule has 3 heterocycles. The summed E-state index contributed by atoms with van der Waals surface area (Å²) >= 11 is 0. The zero-order valence-electron chi connectivity index (χ0n) is 17.2. The molecule has 1 saturated heterocycles. The first kappa shape index (κ1) is 22.2. The van der Waals surface area contributed by atoms with E-state index in [1.54, 1.807) is 17.1 Å². The lowest BCUT2D eigenvalue weighted by atomic mass is 10.0. The summed E-state index contributed by atoms with van der Waals surface area (Å²) in [7, 11) is 1.82. The van der Waals surface area contributed by atoms with Crippen LogP contribution in [0.25, 0.3) is 5.82 Å². The smallest absolute Gasteiger partial charge is 0.194 e. The van der Waals surface area contributed by atoms with Gasteiger partial charge in [-0.2, -0.15) is 5.10 Å². The molecule has 4 rings (SSSR count). The number of pyridine rings is 1. The van der Waals surface area contributed by atoms with Crippen molar-refractivity contribution in [3.8, 4) is 5.82 Å². The van der Waals surface area contributed by atoms with E-state index in [-0.39, 0.29) is 30.1 Å². The van der Waals surface area contributed by atoms with Crippen molar-refractivity contribution in [1.82, 2.24) is 25.0 Å². The van der Waals surface area contributed by atoms with Crippen molar-refractivity contribution < 1.29 is 4.74 Å². The maximum absolute atomic E-state index is 6.05. The van der Waals surface area contributed by atoms with Gasteiger partial charge < -0.3 is 15.0 Å². The van der Waals surface area contributed by atoms with Crippen molar-refractivity contribution >= 4 is 29.9 Å². The van der Waals surface area contributed by atoms with Crippen LogP contribution in [0, 0.1) is 6.92 Å². The van der Waals surface area contributed by atoms with Crippen LogP contribution in [0.2, 0.25) is 0 Å². The summed E-state index contributed by atoms with van der Waals surface area (Å²) in [6.07, 6.45) is 5.49. The molecule has 8 heteroatoms. The van der Waals surface area contributed by atoms with E-state index in [0.29, 0.717) is 13.2 Å². The number of ether oxygens (including phenoxy) is 1. The Morgan fingerprint density at radius 2 is 2.10 bits per heavy atom. The molecule has 1 aliphatic heterocycles. The second kappa shape index (κ2) is 10.5. The normalized spacial score (nSPS) is 16.8. The maximum Gasteiger partial charge on any atom is 0.194 e. The average Bonchev–Trinajstić information content (AvgIpc) is 3.30. The van der Waals surface area contributed by atoms with Crippen LogP contribution in [0.3, 0.4) is 0 Å². The highest BCUT2D eigenvalue weighted by atomic mass is 127. The third-order valence-electron chi connectivity index (χ3n) is 5.11. The molecule has 1 aliphatic rings. The van der Waals surface area contributed by atoms with Gasteiger partial charge in [-0.25, -0.2) is 9.67 Å². The van der Waals surface area contributed by atoms with Crippen molar-refractivity contribution in [1.29, 1.82) is 0 Å². The van der Waals surface area contributed by atoms with Gasteiger partial charge in [-0.3, -0.25) is 4.99 Å². The van der Waals surface area contributed by atoms with Gasteiger partial charge in [0.1, 0.15) is 6.10 Å². The Balaban J connectivity index is 0.00000256. The minimum absolute atomic E-state index is 0. The summed E-state index contributed by atoms with van der Waals surface area (Å²) in [6.45, 7) is 5.07. The Kier molecular flexibility index (Phi) is 7.81. The summed E-state index contributed by atoms with van der Waals surface area (Å²) < 4.78 is 7.80. The number of aliphatic imine (C=N–C) groups is 1. The standard InChI is InChI=1S/C22H26N6O.HI/c1-17-6-3-4-7-19(17)20-16-27(12-13-29-20)22(23-2)25-15-18-8-10-24-21(14-18)28-11-5-9-26-28;/h3-11,14,20H,12-13,15-16H2,1-2H3,(H,23,25);1H. The largest absolute Gasteiger partial charge is 0.370 e. The van der Waals surface area contributed by atoms with Gasteiger partial charge in [-0.05, 0) is 41.8 Å². The number of guanidine groups is 1. The van der Waals surface area contributed by atoms with E-state index in [9.17, 15) is 0 Å². The molecular weight excluding hydrogens is 491 g/mol. The Morgan fingerprint density at radius 1 is 1.23 bits per heavy atom. The zero-order chi connectivity index (χ0) is 20.1. The molecule has 3 aromatic rings. The number of aromatic nitrogens is 3. The van der Waals surface area contributed by atoms with E-state index in [1.807, 2.05) is 31.4 Å². The van der Waals surface area contributed by atoms with Gasteiger partial charge in [0.15, 0.2) is 11.8 Å². The molecule has 1 atom stereocenters. The van der Waals surface area contributed by atoms with Gasteiger partial charge >= 0.3 is 0 Å². The van der Waals surface area contributed by atoms with E-state index in [4.69, 9.17) is 4.74 Å². The molecule has 0 saturated carbocycles. The predicted octanol–water partition coefficient (Wildman–Crippen LogP) is 3.34. The van der Waals surface area contributed by atoms with Crippen molar-refractivity contribution in [2.45, 2.75) is 19.6 Å². The van der Waals surface area contributed by atoms with Gasteiger partial charge in [-0.1, -0.05) is 24.3 Å². The first-order valence-corrected chi connectivity index (χ1v) is 9.82. The number of aryl methyl sites for hydroxylation is 1. The average molecular weight is 518 g/mol. The van der Waals surface area contributed by atoms with Crippen molar-refractivity contribution in [3.05, 3.63) is 77.7 Å². The second-order valence-electron chi connectivity index (χ2n) is 7.04. The van der Waals surface area contributed by atoms with Crippen LogP contribution in [0.5, 0.6) is 0 Å². The monoisotopic (exact) mass is 518 g/mol. The predicted molar refractivity (Wildman–Crippen MR) is 128 cm³/mol. The molecule has 1 unspecified atom stereocenters. The topological polar surface area (TPSA) is 67.6 Å². The maximum atomic E-state index is 6.05. The Morgan fingerprint density at radius 3 is 2.87 bits per heavy atom. The summed E-state index contributed by atoms with van der Waals surface area (Å²) in [5.74, 6) is 1.68. The van der Waals surface area contributed by atoms with Crippen LogP contribution < -0.4 is 5.32 Å². The van der Waals surface area contributed by atoms with E-state index in [2.05, 4.69) is 56.5 Å². The first-order chi connectivity index (χ1) is 14.2. The quantitative estimate of drug-likeness (QED) is 0.326. The fraction of sp³-hybridized carbons (Fsp3) is 0.318. The number of rotatable bonds is 4. The molecule has 7 nitrogen and oxygen atoms in total. The minimum atomic E-state index is 0. The second-order valence-corrected chi connectivity index (χ2v) is 7.04. The molecular formula is C22H27IN6O. The van der Waals surface area contributed by atoms with Gasteiger partial charge in [0.2, 0.25) is 0 Å². The number of benzene rings is 1. The number of nitrogens with one attached hydrogen (secondary N) is 1. The van der Waals surface area contributed by atoms with Crippen molar-refractivity contribution in [2.75, 3.05) is 26.7 Å². The Labute approximate surface area is 194 Å². The molecule has 0 spiro atoms. The van der Waals surface area contributed by atoms with Crippen molar-refractivity contribution in [2.24, 2.45) is 4.99 Å². The molecule has 30 heavy (non-hydrogen) atoms. The van der Waals surface area contributed by atoms with Gasteiger partial charge in [0.25, 0.3) is 0 Å². The van der Waals surface area contributed by atoms with E-state index in [1.165, 1.54) is 11.1 Å². The van der Waals surface area contributed by atoms with Crippen LogP contribution in [-0.2, 0) is 11.3 Å². The highest BCUT2D eigenvalue weighted by Crippen LogP contribution is 2.25. The summed E-state index contributed by atoms with van der Waals surface area (Å²) in [6, 6.07) is 14.3. The molecule has 0 bridgehead atoms. The molecule has 2 aromatic heterocycles. The molecule has 1 fully saturated rings. The SMILES string of the molecule is CN=C(NCc1ccnc(-n2cccn2)c1)N1CCOC(c2ccccc2C)C1.I. The summed E-state index contributed by atoms with van der Waals surface area (Å²) in [4.78, 5) is 11.1. The zero-order valence-corrected chi connectivity index (χ0v) is 19.6. The van der Waals surface area contributed by atoms with E-state index in [0.717, 1.165) is 30.4 Å². The van der Waals surface area contributed by atoms with Crippen molar-refractivity contribution in [3.63, 3.8) is 0 Å². The molecule has 158 valence electrons. The van der Waals surface area contributed by atoms with Crippen LogP contribution in [0.1, 0.15) is 22.8 Å². The number of morpholine rings is 1. The molecule has 1 aromatic carbocycles. The third kappa shape index (κ3) is 5.17.